The number of pyridine rings is 2. The highest BCUT2D eigenvalue weighted by molar-refractivity contribution is 5.79. The summed E-state index contributed by atoms with van der Waals surface area (Å²) in [5, 5.41) is 11.1. The lowest BCUT2D eigenvalue weighted by Crippen LogP contribution is -1.95. The zero-order valence-electron chi connectivity index (χ0n) is 11.1. The highest BCUT2D eigenvalue weighted by Crippen LogP contribution is 2.17. The van der Waals surface area contributed by atoms with Crippen molar-refractivity contribution in [2.45, 2.75) is 6.10 Å². The second-order valence-corrected chi connectivity index (χ2v) is 4.64. The fourth-order valence-corrected chi connectivity index (χ4v) is 2.08. The minimum Gasteiger partial charge on any atom is -0.384 e. The maximum atomic E-state index is 13.0. The van der Waals surface area contributed by atoms with Crippen LogP contribution in [0.5, 0.6) is 0 Å². The van der Waals surface area contributed by atoms with Gasteiger partial charge in [0.05, 0.1) is 17.3 Å². The molecule has 0 spiro atoms. The number of benzene rings is 1. The molecule has 2 heterocycles. The van der Waals surface area contributed by atoms with Crippen LogP contribution < -0.4 is 0 Å². The molecule has 2 aromatic heterocycles. The molecule has 1 atom stereocenters. The molecule has 21 heavy (non-hydrogen) atoms. The van der Waals surface area contributed by atoms with E-state index in [0.29, 0.717) is 5.56 Å². The van der Waals surface area contributed by atoms with E-state index >= 15 is 0 Å². The van der Waals surface area contributed by atoms with Crippen LogP contribution in [0.1, 0.15) is 17.4 Å². The van der Waals surface area contributed by atoms with Gasteiger partial charge in [0.25, 0.3) is 0 Å². The molecule has 0 saturated carbocycles. The number of aliphatic hydroxyl groups excluding tert-OH is 1. The predicted octanol–water partition coefficient (Wildman–Crippen LogP) is 3.52. The first-order valence-electron chi connectivity index (χ1n) is 6.56. The number of hydrogen-bond acceptors (Lipinski definition) is 3. The van der Waals surface area contributed by atoms with E-state index in [1.165, 1.54) is 12.3 Å². The monoisotopic (exact) mass is 280 g/mol. The molecule has 0 aliphatic carbocycles. The molecule has 3 nitrogen and oxygen atoms in total. The van der Waals surface area contributed by atoms with Gasteiger partial charge in [-0.3, -0.25) is 0 Å². The zero-order chi connectivity index (χ0) is 14.7. The molecule has 3 rings (SSSR count). The number of fused-ring (bicyclic) bond motifs is 1. The Kier molecular flexibility index (Phi) is 3.71. The van der Waals surface area contributed by atoms with Crippen LogP contribution in [-0.4, -0.2) is 15.1 Å². The smallest absolute Gasteiger partial charge is 0.213 e. The summed E-state index contributed by atoms with van der Waals surface area (Å²) < 4.78 is 13.0. The van der Waals surface area contributed by atoms with Gasteiger partial charge >= 0.3 is 0 Å². The van der Waals surface area contributed by atoms with Crippen LogP contribution in [0.2, 0.25) is 0 Å². The molecular weight excluding hydrogens is 267 g/mol. The Morgan fingerprint density at radius 2 is 1.95 bits per heavy atom. The van der Waals surface area contributed by atoms with E-state index in [1.807, 2.05) is 36.4 Å². The summed E-state index contributed by atoms with van der Waals surface area (Å²) in [7, 11) is 0. The van der Waals surface area contributed by atoms with Crippen LogP contribution >= 0.6 is 0 Å². The summed E-state index contributed by atoms with van der Waals surface area (Å²) in [6, 6.07) is 14.4. The Labute approximate surface area is 121 Å². The quantitative estimate of drug-likeness (QED) is 0.747. The fraction of sp³-hybridized carbons (Fsp3) is 0.0588. The Balaban J connectivity index is 1.83. The Hall–Kier alpha value is -2.59. The number of nitrogens with zero attached hydrogens (tertiary/aromatic N) is 2. The normalized spacial score (nSPS) is 12.9. The number of halogens is 1. The second kappa shape index (κ2) is 5.81. The van der Waals surface area contributed by atoms with Gasteiger partial charge in [-0.25, -0.2) is 9.97 Å². The average molecular weight is 280 g/mol. The van der Waals surface area contributed by atoms with E-state index < -0.39 is 12.1 Å². The van der Waals surface area contributed by atoms with Crippen LogP contribution in [0, 0.1) is 5.95 Å². The molecule has 104 valence electrons. The van der Waals surface area contributed by atoms with Crippen molar-refractivity contribution >= 4 is 17.0 Å². The van der Waals surface area contributed by atoms with E-state index in [4.69, 9.17) is 0 Å². The van der Waals surface area contributed by atoms with Crippen molar-refractivity contribution in [3.05, 3.63) is 78.0 Å². The number of aliphatic hydroxyl groups is 1. The standard InChI is InChI=1S/C17H13FN2O/c18-17-11-13(9-10-19-17)16(21)8-7-14-6-5-12-3-1-2-4-15(12)20-14/h1-11,16,21H/b8-7+. The minimum absolute atomic E-state index is 0.458. The Bertz CT molecular complexity index is 801. The van der Waals surface area contributed by atoms with Crippen molar-refractivity contribution in [1.29, 1.82) is 0 Å². The molecule has 0 bridgehead atoms. The van der Waals surface area contributed by atoms with E-state index in [1.54, 1.807) is 18.2 Å². The van der Waals surface area contributed by atoms with Crippen molar-refractivity contribution < 1.29 is 9.50 Å². The molecule has 1 unspecified atom stereocenters. The fourth-order valence-electron chi connectivity index (χ4n) is 2.08. The Morgan fingerprint density at radius 1 is 1.10 bits per heavy atom. The van der Waals surface area contributed by atoms with Gasteiger partial charge in [0, 0.05) is 11.6 Å². The largest absolute Gasteiger partial charge is 0.384 e. The lowest BCUT2D eigenvalue weighted by molar-refractivity contribution is 0.228. The third kappa shape index (κ3) is 3.12. The van der Waals surface area contributed by atoms with Crippen LogP contribution in [0.4, 0.5) is 4.39 Å². The average Bonchev–Trinajstić information content (AvgIpc) is 2.52. The summed E-state index contributed by atoms with van der Waals surface area (Å²) in [4.78, 5) is 7.93. The van der Waals surface area contributed by atoms with E-state index in [-0.39, 0.29) is 0 Å². The molecule has 0 aliphatic heterocycles. The third-order valence-corrected chi connectivity index (χ3v) is 3.16. The lowest BCUT2D eigenvalue weighted by Gasteiger charge is -2.05. The zero-order valence-corrected chi connectivity index (χ0v) is 11.1. The van der Waals surface area contributed by atoms with Gasteiger partial charge in [-0.1, -0.05) is 24.3 Å². The van der Waals surface area contributed by atoms with Gasteiger partial charge in [-0.15, -0.1) is 0 Å². The molecule has 0 fully saturated rings. The molecule has 4 heteroatoms. The second-order valence-electron chi connectivity index (χ2n) is 4.64. The molecule has 0 aliphatic rings. The molecule has 0 radical (unpaired) electrons. The van der Waals surface area contributed by atoms with Gasteiger partial charge in [-0.05, 0) is 42.0 Å². The molecule has 3 aromatic rings. The number of para-hydroxylation sites is 1. The lowest BCUT2D eigenvalue weighted by atomic mass is 10.1. The highest BCUT2D eigenvalue weighted by Gasteiger charge is 2.05. The number of hydrogen-bond donors (Lipinski definition) is 1. The van der Waals surface area contributed by atoms with E-state index in [2.05, 4.69) is 9.97 Å². The van der Waals surface area contributed by atoms with Crippen molar-refractivity contribution in [3.63, 3.8) is 0 Å². The molecular formula is C17H13FN2O. The molecule has 1 aromatic carbocycles. The van der Waals surface area contributed by atoms with Gasteiger partial charge in [0.1, 0.15) is 0 Å². The maximum absolute atomic E-state index is 13.0. The van der Waals surface area contributed by atoms with E-state index in [9.17, 15) is 9.50 Å². The first-order chi connectivity index (χ1) is 10.2. The predicted molar refractivity (Wildman–Crippen MR) is 79.9 cm³/mol. The van der Waals surface area contributed by atoms with Crippen LogP contribution in [0.3, 0.4) is 0 Å². The molecule has 1 N–H and O–H groups in total. The highest BCUT2D eigenvalue weighted by atomic mass is 19.1. The van der Waals surface area contributed by atoms with Crippen molar-refractivity contribution in [2.24, 2.45) is 0 Å². The van der Waals surface area contributed by atoms with Gasteiger partial charge in [0.15, 0.2) is 0 Å². The SMILES string of the molecule is OC(/C=C/c1ccc2ccccc2n1)c1ccnc(F)c1. The third-order valence-electron chi connectivity index (χ3n) is 3.16. The molecule has 0 amide bonds. The van der Waals surface area contributed by atoms with Crippen molar-refractivity contribution in [1.82, 2.24) is 9.97 Å². The van der Waals surface area contributed by atoms with Crippen LogP contribution in [0.25, 0.3) is 17.0 Å². The summed E-state index contributed by atoms with van der Waals surface area (Å²) in [6.45, 7) is 0. The summed E-state index contributed by atoms with van der Waals surface area (Å²) in [5.41, 5.74) is 2.09. The first kappa shape index (κ1) is 13.4. The maximum Gasteiger partial charge on any atom is 0.213 e. The first-order valence-corrected chi connectivity index (χ1v) is 6.56. The van der Waals surface area contributed by atoms with Crippen molar-refractivity contribution in [2.75, 3.05) is 0 Å². The minimum atomic E-state index is -0.893. The van der Waals surface area contributed by atoms with Crippen LogP contribution in [-0.2, 0) is 0 Å². The molecule has 0 saturated heterocycles. The van der Waals surface area contributed by atoms with E-state index in [0.717, 1.165) is 16.6 Å². The van der Waals surface area contributed by atoms with Gasteiger partial charge < -0.3 is 5.11 Å². The summed E-state index contributed by atoms with van der Waals surface area (Å²) >= 11 is 0. The van der Waals surface area contributed by atoms with Crippen molar-refractivity contribution in [3.8, 4) is 0 Å². The van der Waals surface area contributed by atoms with Crippen LogP contribution in [0.15, 0.2) is 60.8 Å². The van der Waals surface area contributed by atoms with Gasteiger partial charge in [0.2, 0.25) is 5.95 Å². The summed E-state index contributed by atoms with van der Waals surface area (Å²) in [5.74, 6) is -0.608. The number of aromatic nitrogens is 2. The Morgan fingerprint density at radius 3 is 2.81 bits per heavy atom. The summed E-state index contributed by atoms with van der Waals surface area (Å²) in [6.07, 6.45) is 3.73. The van der Waals surface area contributed by atoms with Gasteiger partial charge in [-0.2, -0.15) is 4.39 Å². The number of rotatable bonds is 3. The topological polar surface area (TPSA) is 46.0 Å².